The first-order valence-corrected chi connectivity index (χ1v) is 9.84. The highest BCUT2D eigenvalue weighted by molar-refractivity contribution is 5.94. The molecular weight excluding hydrogens is 364 g/mol. The molecule has 3 rings (SSSR count). The van der Waals surface area contributed by atoms with E-state index in [1.807, 2.05) is 55.5 Å². The summed E-state index contributed by atoms with van der Waals surface area (Å²) < 4.78 is 5.68. The summed E-state index contributed by atoms with van der Waals surface area (Å²) in [5, 5.41) is 11.0. The molecule has 2 N–H and O–H groups in total. The van der Waals surface area contributed by atoms with E-state index >= 15 is 0 Å². The number of hydrogen-bond donors (Lipinski definition) is 2. The predicted molar refractivity (Wildman–Crippen MR) is 115 cm³/mol. The van der Waals surface area contributed by atoms with Gasteiger partial charge < -0.3 is 4.74 Å². The number of ether oxygens (including phenoxy) is 1. The molecule has 0 aliphatic heterocycles. The van der Waals surface area contributed by atoms with Crippen LogP contribution >= 0.6 is 0 Å². The number of aromatic amines is 1. The molecule has 0 bridgehead atoms. The summed E-state index contributed by atoms with van der Waals surface area (Å²) in [6.07, 6.45) is 5.00. The molecule has 0 fully saturated rings. The highest BCUT2D eigenvalue weighted by Crippen LogP contribution is 2.18. The number of benzene rings is 2. The van der Waals surface area contributed by atoms with Gasteiger partial charge in [0.15, 0.2) is 0 Å². The van der Waals surface area contributed by atoms with Gasteiger partial charge in [-0.1, -0.05) is 49.6 Å². The standard InChI is InChI=1S/C23H26N4O2/c1-3-4-5-14-29-20-12-8-18(9-13-20)16-24-27-23(28)22-15-21(25-26-22)19-10-6-17(2)7-11-19/h6-13,15-16H,3-5,14H2,1-2H3,(H,25,26)(H,27,28)/b24-16-. The van der Waals surface area contributed by atoms with Gasteiger partial charge in [-0.05, 0) is 49.2 Å². The average Bonchev–Trinajstić information content (AvgIpc) is 3.23. The van der Waals surface area contributed by atoms with E-state index in [-0.39, 0.29) is 5.91 Å². The maximum atomic E-state index is 12.2. The molecule has 6 nitrogen and oxygen atoms in total. The summed E-state index contributed by atoms with van der Waals surface area (Å²) >= 11 is 0. The average molecular weight is 390 g/mol. The zero-order valence-corrected chi connectivity index (χ0v) is 16.8. The van der Waals surface area contributed by atoms with Gasteiger partial charge in [0.2, 0.25) is 0 Å². The molecule has 29 heavy (non-hydrogen) atoms. The molecule has 3 aromatic rings. The second-order valence-electron chi connectivity index (χ2n) is 6.86. The van der Waals surface area contributed by atoms with Crippen molar-refractivity contribution in [3.8, 4) is 17.0 Å². The summed E-state index contributed by atoms with van der Waals surface area (Å²) in [5.41, 5.74) is 6.58. The Morgan fingerprint density at radius 1 is 1.14 bits per heavy atom. The summed E-state index contributed by atoms with van der Waals surface area (Å²) in [6.45, 7) is 4.92. The van der Waals surface area contributed by atoms with Gasteiger partial charge in [-0.15, -0.1) is 0 Å². The number of aryl methyl sites for hydroxylation is 1. The Hall–Kier alpha value is -3.41. The van der Waals surface area contributed by atoms with Crippen molar-refractivity contribution in [2.75, 3.05) is 6.61 Å². The molecule has 0 saturated carbocycles. The largest absolute Gasteiger partial charge is 0.494 e. The highest BCUT2D eigenvalue weighted by atomic mass is 16.5. The number of nitrogens with one attached hydrogen (secondary N) is 2. The van der Waals surface area contributed by atoms with Gasteiger partial charge in [-0.2, -0.15) is 10.2 Å². The third-order valence-corrected chi connectivity index (χ3v) is 4.45. The van der Waals surface area contributed by atoms with Crippen LogP contribution in [0.4, 0.5) is 0 Å². The zero-order valence-electron chi connectivity index (χ0n) is 16.8. The lowest BCUT2D eigenvalue weighted by molar-refractivity contribution is 0.0950. The van der Waals surface area contributed by atoms with Crippen LogP contribution in [0.15, 0.2) is 59.7 Å². The van der Waals surface area contributed by atoms with Crippen molar-refractivity contribution in [2.45, 2.75) is 33.1 Å². The number of carbonyl (C=O) groups is 1. The number of hydrogen-bond acceptors (Lipinski definition) is 4. The first kappa shape index (κ1) is 20.3. The molecule has 1 amide bonds. The van der Waals surface area contributed by atoms with Gasteiger partial charge in [0.25, 0.3) is 5.91 Å². The van der Waals surface area contributed by atoms with Crippen LogP contribution in [0, 0.1) is 6.92 Å². The maximum Gasteiger partial charge on any atom is 0.289 e. The van der Waals surface area contributed by atoms with Gasteiger partial charge >= 0.3 is 0 Å². The molecule has 0 radical (unpaired) electrons. The molecule has 0 spiro atoms. The van der Waals surface area contributed by atoms with Crippen molar-refractivity contribution in [1.82, 2.24) is 15.6 Å². The van der Waals surface area contributed by atoms with E-state index in [9.17, 15) is 4.79 Å². The molecule has 150 valence electrons. The van der Waals surface area contributed by atoms with E-state index in [4.69, 9.17) is 4.74 Å². The van der Waals surface area contributed by atoms with Crippen molar-refractivity contribution in [1.29, 1.82) is 0 Å². The quantitative estimate of drug-likeness (QED) is 0.315. The van der Waals surface area contributed by atoms with E-state index in [0.717, 1.165) is 29.9 Å². The van der Waals surface area contributed by atoms with Crippen LogP contribution in [0.2, 0.25) is 0 Å². The molecule has 0 unspecified atom stereocenters. The van der Waals surface area contributed by atoms with Crippen LogP contribution in [0.1, 0.15) is 47.8 Å². The minimum Gasteiger partial charge on any atom is -0.494 e. The monoisotopic (exact) mass is 390 g/mol. The Bertz CT molecular complexity index is 944. The lowest BCUT2D eigenvalue weighted by Crippen LogP contribution is -2.17. The van der Waals surface area contributed by atoms with Crippen LogP contribution < -0.4 is 10.2 Å². The number of unbranched alkanes of at least 4 members (excludes halogenated alkanes) is 2. The molecule has 1 aromatic heterocycles. The topological polar surface area (TPSA) is 79.4 Å². The van der Waals surface area contributed by atoms with Gasteiger partial charge in [0, 0.05) is 5.56 Å². The van der Waals surface area contributed by atoms with Gasteiger partial charge in [-0.3, -0.25) is 9.89 Å². The first-order chi connectivity index (χ1) is 14.2. The lowest BCUT2D eigenvalue weighted by Gasteiger charge is -2.05. The SMILES string of the molecule is CCCCCOc1ccc(/C=N\NC(=O)c2cc(-c3ccc(C)cc3)n[nH]2)cc1. The minimum absolute atomic E-state index is 0.344. The Labute approximate surface area is 171 Å². The maximum absolute atomic E-state index is 12.2. The van der Waals surface area contributed by atoms with Crippen LogP contribution in [0.3, 0.4) is 0 Å². The van der Waals surface area contributed by atoms with Crippen molar-refractivity contribution < 1.29 is 9.53 Å². The smallest absolute Gasteiger partial charge is 0.289 e. The van der Waals surface area contributed by atoms with E-state index < -0.39 is 0 Å². The van der Waals surface area contributed by atoms with Crippen molar-refractivity contribution in [3.05, 3.63) is 71.4 Å². The fourth-order valence-corrected chi connectivity index (χ4v) is 2.73. The zero-order chi connectivity index (χ0) is 20.5. The summed E-state index contributed by atoms with van der Waals surface area (Å²) in [7, 11) is 0. The predicted octanol–water partition coefficient (Wildman–Crippen LogP) is 4.72. The molecule has 0 aliphatic carbocycles. The number of amides is 1. The van der Waals surface area contributed by atoms with Gasteiger partial charge in [0.05, 0.1) is 18.5 Å². The minimum atomic E-state index is -0.344. The van der Waals surface area contributed by atoms with E-state index in [1.54, 1.807) is 12.3 Å². The van der Waals surface area contributed by atoms with Gasteiger partial charge in [0.1, 0.15) is 11.4 Å². The molecule has 1 heterocycles. The summed E-state index contributed by atoms with van der Waals surface area (Å²) in [6, 6.07) is 17.3. The first-order valence-electron chi connectivity index (χ1n) is 9.84. The number of rotatable bonds is 9. The Morgan fingerprint density at radius 3 is 2.62 bits per heavy atom. The Balaban J connectivity index is 1.51. The van der Waals surface area contributed by atoms with Gasteiger partial charge in [-0.25, -0.2) is 5.43 Å². The second-order valence-corrected chi connectivity index (χ2v) is 6.86. The number of aromatic nitrogens is 2. The van der Waals surface area contributed by atoms with Crippen molar-refractivity contribution in [2.24, 2.45) is 5.10 Å². The second kappa shape index (κ2) is 10.2. The highest BCUT2D eigenvalue weighted by Gasteiger charge is 2.10. The van der Waals surface area contributed by atoms with E-state index in [1.165, 1.54) is 18.4 Å². The fraction of sp³-hybridized carbons (Fsp3) is 0.261. The Kier molecular flexibility index (Phi) is 7.16. The fourth-order valence-electron chi connectivity index (χ4n) is 2.73. The van der Waals surface area contributed by atoms with Crippen LogP contribution in [0.25, 0.3) is 11.3 Å². The van der Waals surface area contributed by atoms with Crippen molar-refractivity contribution in [3.63, 3.8) is 0 Å². The van der Waals surface area contributed by atoms with Crippen molar-refractivity contribution >= 4 is 12.1 Å². The molecular formula is C23H26N4O2. The number of hydrazone groups is 1. The summed E-state index contributed by atoms with van der Waals surface area (Å²) in [4.78, 5) is 12.2. The molecule has 0 atom stereocenters. The number of H-pyrrole nitrogens is 1. The van der Waals surface area contributed by atoms with Crippen LogP contribution in [-0.4, -0.2) is 28.9 Å². The lowest BCUT2D eigenvalue weighted by atomic mass is 10.1. The molecule has 0 saturated heterocycles. The molecule has 2 aromatic carbocycles. The van der Waals surface area contributed by atoms with Crippen LogP contribution in [-0.2, 0) is 0 Å². The van der Waals surface area contributed by atoms with E-state index in [2.05, 4.69) is 27.6 Å². The normalized spacial score (nSPS) is 11.0. The van der Waals surface area contributed by atoms with Crippen LogP contribution in [0.5, 0.6) is 5.75 Å². The third kappa shape index (κ3) is 6.04. The number of carbonyl (C=O) groups excluding carboxylic acids is 1. The van der Waals surface area contributed by atoms with E-state index in [0.29, 0.717) is 11.4 Å². The molecule has 0 aliphatic rings. The Morgan fingerprint density at radius 2 is 1.90 bits per heavy atom. The third-order valence-electron chi connectivity index (χ3n) is 4.45. The molecule has 6 heteroatoms. The summed E-state index contributed by atoms with van der Waals surface area (Å²) in [5.74, 6) is 0.492. The number of nitrogens with zero attached hydrogens (tertiary/aromatic N) is 2.